The molecule has 1 aromatic carbocycles. The predicted octanol–water partition coefficient (Wildman–Crippen LogP) is 2.54. The fraction of sp³-hybridized carbons (Fsp3) is 0.214. The second-order valence-corrected chi connectivity index (χ2v) is 3.97. The van der Waals surface area contributed by atoms with Gasteiger partial charge in [-0.2, -0.15) is 0 Å². The molecule has 0 aliphatic heterocycles. The maximum absolute atomic E-state index is 4.32. The van der Waals surface area contributed by atoms with Crippen LogP contribution in [0.2, 0.25) is 0 Å². The highest BCUT2D eigenvalue weighted by atomic mass is 15.1. The SMILES string of the molecule is CN(C)c1[c]ccc(Cc2ccccn2)c1. The molecular formula is C14H15N2. The molecule has 2 heteroatoms. The molecule has 16 heavy (non-hydrogen) atoms. The van der Waals surface area contributed by atoms with Gasteiger partial charge in [0.15, 0.2) is 0 Å². The Bertz CT molecular complexity index is 449. The van der Waals surface area contributed by atoms with Crippen molar-refractivity contribution in [1.29, 1.82) is 0 Å². The van der Waals surface area contributed by atoms with Gasteiger partial charge in [0.2, 0.25) is 0 Å². The van der Waals surface area contributed by atoms with Crippen molar-refractivity contribution in [3.8, 4) is 0 Å². The minimum Gasteiger partial charge on any atom is -0.377 e. The summed E-state index contributed by atoms with van der Waals surface area (Å²) in [6, 6.07) is 15.4. The molecule has 0 aliphatic rings. The normalized spacial score (nSPS) is 10.1. The third-order valence-corrected chi connectivity index (χ3v) is 2.44. The Kier molecular flexibility index (Phi) is 3.20. The van der Waals surface area contributed by atoms with Crippen molar-refractivity contribution >= 4 is 5.69 Å². The van der Waals surface area contributed by atoms with Gasteiger partial charge in [0, 0.05) is 44.2 Å². The van der Waals surface area contributed by atoms with E-state index in [2.05, 4.69) is 28.1 Å². The smallest absolute Gasteiger partial charge is 0.0447 e. The summed E-state index contributed by atoms with van der Waals surface area (Å²) in [6.07, 6.45) is 2.70. The van der Waals surface area contributed by atoms with Crippen LogP contribution >= 0.6 is 0 Å². The first-order chi connectivity index (χ1) is 7.75. The van der Waals surface area contributed by atoms with E-state index in [9.17, 15) is 0 Å². The summed E-state index contributed by atoms with van der Waals surface area (Å²) in [6.45, 7) is 0. The highest BCUT2D eigenvalue weighted by Crippen LogP contribution is 2.14. The molecular weight excluding hydrogens is 196 g/mol. The first-order valence-corrected chi connectivity index (χ1v) is 5.33. The summed E-state index contributed by atoms with van der Waals surface area (Å²) in [5.74, 6) is 0. The summed E-state index contributed by atoms with van der Waals surface area (Å²) in [4.78, 5) is 6.38. The predicted molar refractivity (Wildman–Crippen MR) is 66.6 cm³/mol. The van der Waals surface area contributed by atoms with Crippen LogP contribution in [-0.4, -0.2) is 19.1 Å². The molecule has 0 N–H and O–H groups in total. The molecule has 1 aromatic heterocycles. The number of hydrogen-bond acceptors (Lipinski definition) is 2. The van der Waals surface area contributed by atoms with Gasteiger partial charge in [0.25, 0.3) is 0 Å². The third-order valence-electron chi connectivity index (χ3n) is 2.44. The molecule has 0 bridgehead atoms. The zero-order valence-electron chi connectivity index (χ0n) is 9.64. The minimum atomic E-state index is 0.871. The molecule has 0 saturated heterocycles. The molecule has 1 radical (unpaired) electrons. The Labute approximate surface area is 96.6 Å². The molecule has 81 valence electrons. The average Bonchev–Trinajstić information content (AvgIpc) is 2.30. The Balaban J connectivity index is 2.19. The molecule has 0 amide bonds. The Morgan fingerprint density at radius 2 is 2.12 bits per heavy atom. The summed E-state index contributed by atoms with van der Waals surface area (Å²) < 4.78 is 0. The summed E-state index contributed by atoms with van der Waals surface area (Å²) in [5.41, 5.74) is 3.47. The molecule has 0 saturated carbocycles. The van der Waals surface area contributed by atoms with Crippen LogP contribution in [-0.2, 0) is 6.42 Å². The van der Waals surface area contributed by atoms with E-state index in [1.165, 1.54) is 5.56 Å². The van der Waals surface area contributed by atoms with Crippen LogP contribution in [0.4, 0.5) is 5.69 Å². The molecule has 0 spiro atoms. The zero-order chi connectivity index (χ0) is 11.4. The monoisotopic (exact) mass is 211 g/mol. The molecule has 2 nitrogen and oxygen atoms in total. The van der Waals surface area contributed by atoms with E-state index in [-0.39, 0.29) is 0 Å². The Morgan fingerprint density at radius 3 is 2.81 bits per heavy atom. The van der Waals surface area contributed by atoms with E-state index >= 15 is 0 Å². The van der Waals surface area contributed by atoms with E-state index in [0.717, 1.165) is 17.8 Å². The standard InChI is InChI=1S/C14H15N2/c1-16(2)14-8-5-6-12(11-14)10-13-7-3-4-9-15-13/h3-7,9,11H,10H2,1-2H3. The number of anilines is 1. The lowest BCUT2D eigenvalue weighted by Gasteiger charge is -2.12. The summed E-state index contributed by atoms with van der Waals surface area (Å²) >= 11 is 0. The van der Waals surface area contributed by atoms with Crippen molar-refractivity contribution < 1.29 is 0 Å². The van der Waals surface area contributed by atoms with Gasteiger partial charge < -0.3 is 4.90 Å². The van der Waals surface area contributed by atoms with Crippen LogP contribution in [0.3, 0.4) is 0 Å². The molecule has 0 atom stereocenters. The Morgan fingerprint density at radius 1 is 1.25 bits per heavy atom. The van der Waals surface area contributed by atoms with Crippen LogP contribution in [0.25, 0.3) is 0 Å². The van der Waals surface area contributed by atoms with E-state index in [1.54, 1.807) is 0 Å². The lowest BCUT2D eigenvalue weighted by molar-refractivity contribution is 1.06. The molecule has 0 fully saturated rings. The summed E-state index contributed by atoms with van der Waals surface area (Å²) in [7, 11) is 4.05. The highest BCUT2D eigenvalue weighted by Gasteiger charge is 2.00. The first-order valence-electron chi connectivity index (χ1n) is 5.33. The average molecular weight is 211 g/mol. The van der Waals surface area contributed by atoms with Gasteiger partial charge >= 0.3 is 0 Å². The number of aromatic nitrogens is 1. The van der Waals surface area contributed by atoms with Crippen LogP contribution in [0.15, 0.2) is 42.6 Å². The lowest BCUT2D eigenvalue weighted by Crippen LogP contribution is -2.08. The van der Waals surface area contributed by atoms with Crippen molar-refractivity contribution in [2.75, 3.05) is 19.0 Å². The van der Waals surface area contributed by atoms with Crippen molar-refractivity contribution in [2.45, 2.75) is 6.42 Å². The van der Waals surface area contributed by atoms with E-state index in [4.69, 9.17) is 0 Å². The van der Waals surface area contributed by atoms with Gasteiger partial charge in [0.1, 0.15) is 0 Å². The Hall–Kier alpha value is -1.83. The number of benzene rings is 1. The third kappa shape index (κ3) is 2.60. The topological polar surface area (TPSA) is 16.1 Å². The molecule has 2 rings (SSSR count). The van der Waals surface area contributed by atoms with Gasteiger partial charge in [-0.25, -0.2) is 0 Å². The fourth-order valence-electron chi connectivity index (χ4n) is 1.58. The minimum absolute atomic E-state index is 0.871. The van der Waals surface area contributed by atoms with Crippen LogP contribution in [0, 0.1) is 6.07 Å². The van der Waals surface area contributed by atoms with Gasteiger partial charge in [-0.1, -0.05) is 18.2 Å². The highest BCUT2D eigenvalue weighted by molar-refractivity contribution is 5.46. The van der Waals surface area contributed by atoms with E-state index < -0.39 is 0 Å². The van der Waals surface area contributed by atoms with Gasteiger partial charge in [0.05, 0.1) is 0 Å². The van der Waals surface area contributed by atoms with Crippen molar-refractivity contribution in [3.05, 3.63) is 59.9 Å². The quantitative estimate of drug-likeness (QED) is 0.775. The van der Waals surface area contributed by atoms with Crippen LogP contribution in [0.5, 0.6) is 0 Å². The molecule has 0 aliphatic carbocycles. The molecule has 0 unspecified atom stereocenters. The molecule has 2 aromatic rings. The largest absolute Gasteiger partial charge is 0.377 e. The summed E-state index contributed by atoms with van der Waals surface area (Å²) in [5, 5.41) is 0. The number of nitrogens with zero attached hydrogens (tertiary/aromatic N) is 2. The van der Waals surface area contributed by atoms with Crippen molar-refractivity contribution in [1.82, 2.24) is 4.98 Å². The van der Waals surface area contributed by atoms with Gasteiger partial charge in [-0.3, -0.25) is 4.98 Å². The van der Waals surface area contributed by atoms with Gasteiger partial charge in [-0.15, -0.1) is 0 Å². The second-order valence-electron chi connectivity index (χ2n) is 3.97. The van der Waals surface area contributed by atoms with E-state index in [1.807, 2.05) is 44.6 Å². The number of pyridine rings is 1. The van der Waals surface area contributed by atoms with Gasteiger partial charge in [-0.05, 0) is 23.8 Å². The maximum Gasteiger partial charge on any atom is 0.0447 e. The zero-order valence-corrected chi connectivity index (χ0v) is 9.64. The van der Waals surface area contributed by atoms with Crippen LogP contribution in [0.1, 0.15) is 11.3 Å². The lowest BCUT2D eigenvalue weighted by atomic mass is 10.1. The fourth-order valence-corrected chi connectivity index (χ4v) is 1.58. The van der Waals surface area contributed by atoms with Crippen molar-refractivity contribution in [2.24, 2.45) is 0 Å². The molecule has 1 heterocycles. The first kappa shape index (κ1) is 10.7. The van der Waals surface area contributed by atoms with E-state index in [0.29, 0.717) is 0 Å². The van der Waals surface area contributed by atoms with Crippen molar-refractivity contribution in [3.63, 3.8) is 0 Å². The number of hydrogen-bond donors (Lipinski definition) is 0. The second kappa shape index (κ2) is 4.79. The maximum atomic E-state index is 4.32. The number of rotatable bonds is 3. The van der Waals surface area contributed by atoms with Crippen LogP contribution < -0.4 is 4.90 Å².